The van der Waals surface area contributed by atoms with E-state index in [9.17, 15) is 4.79 Å². The van der Waals surface area contributed by atoms with Gasteiger partial charge >= 0.3 is 0 Å². The van der Waals surface area contributed by atoms with E-state index in [4.69, 9.17) is 5.73 Å². The van der Waals surface area contributed by atoms with Gasteiger partial charge in [-0.15, -0.1) is 0 Å². The van der Waals surface area contributed by atoms with E-state index in [1.807, 2.05) is 46.7 Å². The van der Waals surface area contributed by atoms with Crippen molar-refractivity contribution >= 4 is 5.91 Å². The van der Waals surface area contributed by atoms with Crippen molar-refractivity contribution in [2.45, 2.75) is 39.8 Å². The monoisotopic (exact) mass is 215 g/mol. The fraction of sp³-hybridized carbons (Fsp3) is 0.909. The normalized spacial score (nSPS) is 16.3. The maximum atomic E-state index is 11.7. The van der Waals surface area contributed by atoms with Crippen molar-refractivity contribution in [3.63, 3.8) is 0 Å². The van der Waals surface area contributed by atoms with Crippen molar-refractivity contribution in [3.05, 3.63) is 0 Å². The van der Waals surface area contributed by atoms with Crippen LogP contribution in [0.2, 0.25) is 0 Å². The van der Waals surface area contributed by atoms with Crippen LogP contribution in [-0.4, -0.2) is 43.5 Å². The minimum Gasteiger partial charge on any atom is -0.351 e. The molecule has 0 aromatic carbocycles. The molecule has 1 unspecified atom stereocenters. The minimum absolute atomic E-state index is 0.0724. The summed E-state index contributed by atoms with van der Waals surface area (Å²) in [4.78, 5) is 13.8. The fourth-order valence-electron chi connectivity index (χ4n) is 1.32. The summed E-state index contributed by atoms with van der Waals surface area (Å²) in [6.45, 7) is 8.70. The average molecular weight is 215 g/mol. The first kappa shape index (κ1) is 14.4. The maximum absolute atomic E-state index is 11.7. The minimum atomic E-state index is -0.456. The van der Waals surface area contributed by atoms with Gasteiger partial charge in [-0.2, -0.15) is 0 Å². The first-order valence-corrected chi connectivity index (χ1v) is 5.35. The molecule has 15 heavy (non-hydrogen) atoms. The standard InChI is InChI=1S/C11H25N3O/c1-8(7-14(5)6)13-10(15)9(12)11(2,3)4/h8-9H,7,12H2,1-6H3,(H,13,15)/t8?,9-/m0/s1. The van der Waals surface area contributed by atoms with Crippen molar-refractivity contribution in [1.82, 2.24) is 10.2 Å². The van der Waals surface area contributed by atoms with E-state index in [0.29, 0.717) is 0 Å². The van der Waals surface area contributed by atoms with Crippen molar-refractivity contribution in [2.24, 2.45) is 11.1 Å². The van der Waals surface area contributed by atoms with E-state index in [1.54, 1.807) is 0 Å². The van der Waals surface area contributed by atoms with Crippen LogP contribution in [0.4, 0.5) is 0 Å². The second-order valence-electron chi connectivity index (χ2n) is 5.52. The lowest BCUT2D eigenvalue weighted by molar-refractivity contribution is -0.125. The predicted octanol–water partition coefficient (Wildman–Crippen LogP) is 0.426. The number of hydrogen-bond acceptors (Lipinski definition) is 3. The van der Waals surface area contributed by atoms with Gasteiger partial charge in [0.25, 0.3) is 0 Å². The number of hydrogen-bond donors (Lipinski definition) is 2. The molecule has 2 atom stereocenters. The van der Waals surface area contributed by atoms with Gasteiger partial charge in [-0.3, -0.25) is 4.79 Å². The third kappa shape index (κ3) is 5.74. The Morgan fingerprint density at radius 2 is 1.87 bits per heavy atom. The molecule has 0 saturated heterocycles. The quantitative estimate of drug-likeness (QED) is 0.715. The van der Waals surface area contributed by atoms with Crippen molar-refractivity contribution < 1.29 is 4.79 Å². The van der Waals surface area contributed by atoms with E-state index in [1.165, 1.54) is 0 Å². The van der Waals surface area contributed by atoms with E-state index < -0.39 is 6.04 Å². The smallest absolute Gasteiger partial charge is 0.237 e. The first-order chi connectivity index (χ1) is 6.64. The Labute approximate surface area is 93.2 Å². The van der Waals surface area contributed by atoms with Gasteiger partial charge < -0.3 is 16.0 Å². The predicted molar refractivity (Wildman–Crippen MR) is 63.6 cm³/mol. The fourth-order valence-corrected chi connectivity index (χ4v) is 1.32. The molecule has 0 radical (unpaired) electrons. The van der Waals surface area contributed by atoms with Gasteiger partial charge in [-0.05, 0) is 26.4 Å². The van der Waals surface area contributed by atoms with Crippen LogP contribution in [0.1, 0.15) is 27.7 Å². The molecule has 0 saturated carbocycles. The lowest BCUT2D eigenvalue weighted by atomic mass is 9.87. The average Bonchev–Trinajstić information content (AvgIpc) is 1.99. The van der Waals surface area contributed by atoms with E-state index in [-0.39, 0.29) is 17.4 Å². The zero-order chi connectivity index (χ0) is 12.2. The molecule has 0 aromatic heterocycles. The van der Waals surface area contributed by atoms with E-state index in [0.717, 1.165) is 6.54 Å². The molecule has 4 nitrogen and oxygen atoms in total. The molecule has 3 N–H and O–H groups in total. The Morgan fingerprint density at radius 1 is 1.40 bits per heavy atom. The number of rotatable bonds is 4. The molecule has 0 aromatic rings. The van der Waals surface area contributed by atoms with Crippen LogP contribution < -0.4 is 11.1 Å². The second-order valence-corrected chi connectivity index (χ2v) is 5.52. The van der Waals surface area contributed by atoms with Gasteiger partial charge in [0.1, 0.15) is 0 Å². The van der Waals surface area contributed by atoms with Crippen LogP contribution in [0, 0.1) is 5.41 Å². The van der Waals surface area contributed by atoms with Gasteiger partial charge in [0, 0.05) is 12.6 Å². The summed E-state index contributed by atoms with van der Waals surface area (Å²) < 4.78 is 0. The molecule has 0 aliphatic heterocycles. The van der Waals surface area contributed by atoms with Gasteiger partial charge in [0.05, 0.1) is 6.04 Å². The number of carbonyl (C=O) groups excluding carboxylic acids is 1. The maximum Gasteiger partial charge on any atom is 0.237 e. The van der Waals surface area contributed by atoms with Crippen LogP contribution in [0.25, 0.3) is 0 Å². The summed E-state index contributed by atoms with van der Waals surface area (Å²) >= 11 is 0. The second kappa shape index (κ2) is 5.47. The Kier molecular flexibility index (Phi) is 5.24. The highest BCUT2D eigenvalue weighted by atomic mass is 16.2. The number of nitrogens with one attached hydrogen (secondary N) is 1. The summed E-state index contributed by atoms with van der Waals surface area (Å²) in [5.41, 5.74) is 5.66. The van der Waals surface area contributed by atoms with Crippen LogP contribution in [0.15, 0.2) is 0 Å². The SMILES string of the molecule is CC(CN(C)C)NC(=O)[C@H](N)C(C)(C)C. The zero-order valence-corrected chi connectivity index (χ0v) is 10.8. The van der Waals surface area contributed by atoms with Crippen LogP contribution in [-0.2, 0) is 4.79 Å². The molecule has 0 spiro atoms. The molecular weight excluding hydrogens is 190 g/mol. The zero-order valence-electron chi connectivity index (χ0n) is 10.8. The molecule has 0 bridgehead atoms. The largest absolute Gasteiger partial charge is 0.351 e. The van der Waals surface area contributed by atoms with Crippen LogP contribution in [0.3, 0.4) is 0 Å². The number of carbonyl (C=O) groups is 1. The van der Waals surface area contributed by atoms with Crippen LogP contribution in [0.5, 0.6) is 0 Å². The highest BCUT2D eigenvalue weighted by molar-refractivity contribution is 5.82. The Hall–Kier alpha value is -0.610. The van der Waals surface area contributed by atoms with Gasteiger partial charge in [0.15, 0.2) is 0 Å². The molecule has 90 valence electrons. The molecular formula is C11H25N3O. The summed E-state index contributed by atoms with van der Waals surface area (Å²) in [7, 11) is 3.96. The highest BCUT2D eigenvalue weighted by Crippen LogP contribution is 2.17. The topological polar surface area (TPSA) is 58.4 Å². The Balaban J connectivity index is 4.14. The van der Waals surface area contributed by atoms with Gasteiger partial charge in [-0.1, -0.05) is 20.8 Å². The summed E-state index contributed by atoms with van der Waals surface area (Å²) in [6, 6.07) is -0.331. The van der Waals surface area contributed by atoms with E-state index in [2.05, 4.69) is 5.32 Å². The van der Waals surface area contributed by atoms with Gasteiger partial charge in [0.2, 0.25) is 5.91 Å². The van der Waals surface area contributed by atoms with Crippen LogP contribution >= 0.6 is 0 Å². The van der Waals surface area contributed by atoms with E-state index >= 15 is 0 Å². The van der Waals surface area contributed by atoms with Crippen molar-refractivity contribution in [1.29, 1.82) is 0 Å². The molecule has 0 rings (SSSR count). The number of nitrogens with two attached hydrogens (primary N) is 1. The summed E-state index contributed by atoms with van der Waals surface area (Å²) in [5.74, 6) is -0.0724. The summed E-state index contributed by atoms with van der Waals surface area (Å²) in [5, 5.41) is 2.91. The van der Waals surface area contributed by atoms with Gasteiger partial charge in [-0.25, -0.2) is 0 Å². The first-order valence-electron chi connectivity index (χ1n) is 5.35. The molecule has 0 heterocycles. The molecule has 1 amide bonds. The summed E-state index contributed by atoms with van der Waals surface area (Å²) in [6.07, 6.45) is 0. The number of likely N-dealkylation sites (N-methyl/N-ethyl adjacent to an activating group) is 1. The third-order valence-corrected chi connectivity index (χ3v) is 2.24. The number of amides is 1. The highest BCUT2D eigenvalue weighted by Gasteiger charge is 2.27. The Bertz CT molecular complexity index is 208. The lowest BCUT2D eigenvalue weighted by Gasteiger charge is -2.28. The molecule has 0 aliphatic carbocycles. The number of nitrogens with zero attached hydrogens (tertiary/aromatic N) is 1. The molecule has 4 heteroatoms. The third-order valence-electron chi connectivity index (χ3n) is 2.24. The van der Waals surface area contributed by atoms with Crippen molar-refractivity contribution in [3.8, 4) is 0 Å². The Morgan fingerprint density at radius 3 is 2.20 bits per heavy atom. The molecule has 0 fully saturated rings. The lowest BCUT2D eigenvalue weighted by Crippen LogP contribution is -2.52. The molecule has 0 aliphatic rings. The van der Waals surface area contributed by atoms with Crippen molar-refractivity contribution in [2.75, 3.05) is 20.6 Å².